The van der Waals surface area contributed by atoms with Crippen molar-refractivity contribution in [2.45, 2.75) is 74.7 Å². The Bertz CT molecular complexity index is 504. The van der Waals surface area contributed by atoms with Gasteiger partial charge in [-0.25, -0.2) is 6.07 Å². The molecule has 0 spiro atoms. The van der Waals surface area contributed by atoms with Gasteiger partial charge in [-0.05, 0) is 0 Å². The zero-order valence-corrected chi connectivity index (χ0v) is 20.5. The molecule has 0 heterocycles. The summed E-state index contributed by atoms with van der Waals surface area (Å²) in [5, 5.41) is 0. The van der Waals surface area contributed by atoms with E-state index in [4.69, 9.17) is 17.0 Å². The summed E-state index contributed by atoms with van der Waals surface area (Å²) in [6, 6.07) is 4.69. The predicted molar refractivity (Wildman–Crippen MR) is 108 cm³/mol. The van der Waals surface area contributed by atoms with Gasteiger partial charge < -0.3 is 0 Å². The molecule has 0 atom stereocenters. The molecule has 24 heavy (non-hydrogen) atoms. The van der Waals surface area contributed by atoms with Crippen LogP contribution in [0, 0.1) is 34.6 Å². The molecule has 0 saturated heterocycles. The molecule has 0 aliphatic carbocycles. The number of hydrogen-bond donors (Lipinski definition) is 0. The summed E-state index contributed by atoms with van der Waals surface area (Å²) in [6.07, 6.45) is 3.54. The molecule has 0 aliphatic rings. The Kier molecular flexibility index (Phi) is 12.6. The van der Waals surface area contributed by atoms with Crippen LogP contribution in [0.2, 0.25) is 0 Å². The zero-order valence-electron chi connectivity index (χ0n) is 16.5. The molecular formula is C21H32Cl2Zr. The summed E-state index contributed by atoms with van der Waals surface area (Å²) < 4.78 is 0. The van der Waals surface area contributed by atoms with Gasteiger partial charge in [0.15, 0.2) is 0 Å². The van der Waals surface area contributed by atoms with Crippen LogP contribution in [-0.4, -0.2) is 0 Å². The monoisotopic (exact) mass is 444 g/mol. The molecule has 0 aromatic heterocycles. The van der Waals surface area contributed by atoms with Gasteiger partial charge in [0.2, 0.25) is 0 Å². The van der Waals surface area contributed by atoms with E-state index in [1.807, 2.05) is 0 Å². The van der Waals surface area contributed by atoms with Gasteiger partial charge in [-0.2, -0.15) is 50.6 Å². The van der Waals surface area contributed by atoms with E-state index in [-0.39, 0.29) is 0 Å². The van der Waals surface area contributed by atoms with Crippen molar-refractivity contribution in [2.75, 3.05) is 0 Å². The van der Waals surface area contributed by atoms with E-state index in [1.165, 1.54) is 52.6 Å². The molecule has 0 nitrogen and oxygen atoms in total. The first-order valence-electron chi connectivity index (χ1n) is 8.71. The van der Waals surface area contributed by atoms with Crippen LogP contribution in [0.5, 0.6) is 0 Å². The van der Waals surface area contributed by atoms with E-state index in [9.17, 15) is 0 Å². The number of halogens is 2. The van der Waals surface area contributed by atoms with Gasteiger partial charge in [-0.1, -0.05) is 74.7 Å². The van der Waals surface area contributed by atoms with Crippen molar-refractivity contribution in [1.29, 1.82) is 0 Å². The number of hydrogen-bond acceptors (Lipinski definition) is 0. The quantitative estimate of drug-likeness (QED) is 0.431. The molecule has 0 aliphatic heterocycles. The summed E-state index contributed by atoms with van der Waals surface area (Å²) in [4.78, 5) is 0. The average Bonchev–Trinajstić information content (AvgIpc) is 3.08. The van der Waals surface area contributed by atoms with E-state index in [2.05, 4.69) is 67.5 Å². The van der Waals surface area contributed by atoms with Gasteiger partial charge in [0, 0.05) is 0 Å². The second-order valence-corrected chi connectivity index (χ2v) is 9.90. The summed E-state index contributed by atoms with van der Waals surface area (Å²) in [5.41, 5.74) is 11.9. The van der Waals surface area contributed by atoms with Crippen LogP contribution in [0.4, 0.5) is 0 Å². The van der Waals surface area contributed by atoms with Crippen LogP contribution < -0.4 is 0 Å². The minimum absolute atomic E-state index is 0.826. The minimum atomic E-state index is -0.826. The summed E-state index contributed by atoms with van der Waals surface area (Å²) in [5.74, 6) is 0. The molecular weight excluding hydrogens is 414 g/mol. The fourth-order valence-corrected chi connectivity index (χ4v) is 2.94. The summed E-state index contributed by atoms with van der Waals surface area (Å²) in [6.45, 7) is 17.7. The normalized spacial score (nSPS) is 9.58. The van der Waals surface area contributed by atoms with Crippen molar-refractivity contribution in [3.63, 3.8) is 0 Å². The second kappa shape index (κ2) is 12.5. The maximum atomic E-state index is 4.93. The summed E-state index contributed by atoms with van der Waals surface area (Å²) in [7, 11) is 9.87. The van der Waals surface area contributed by atoms with Gasteiger partial charge in [-0.3, -0.25) is 0 Å². The Hall–Kier alpha value is 0.163. The molecule has 2 rings (SSSR count). The molecule has 2 aromatic carbocycles. The Labute approximate surface area is 168 Å². The van der Waals surface area contributed by atoms with Crippen molar-refractivity contribution >= 4 is 17.0 Å². The van der Waals surface area contributed by atoms with Gasteiger partial charge >= 0.3 is 37.9 Å². The van der Waals surface area contributed by atoms with Crippen molar-refractivity contribution in [3.8, 4) is 0 Å². The molecule has 3 heteroatoms. The van der Waals surface area contributed by atoms with E-state index < -0.39 is 20.8 Å². The zero-order chi connectivity index (χ0) is 18.9. The first-order chi connectivity index (χ1) is 11.3. The molecule has 0 fully saturated rings. The fraction of sp³-hybridized carbons (Fsp3) is 0.524. The SMILES string of the molecule is CCc1cc(CC)[c-](CC)c1.Cc1c(C)c(C)[c-](C)c1C.[Cl][Zr+2][Cl]. The third-order valence-electron chi connectivity index (χ3n) is 5.11. The van der Waals surface area contributed by atoms with Crippen molar-refractivity contribution in [2.24, 2.45) is 0 Å². The van der Waals surface area contributed by atoms with Crippen LogP contribution in [0.1, 0.15) is 65.3 Å². The third-order valence-corrected chi connectivity index (χ3v) is 5.11. The van der Waals surface area contributed by atoms with Crippen LogP contribution >= 0.6 is 17.0 Å². The molecule has 0 bridgehead atoms. The number of aryl methyl sites for hydroxylation is 3. The standard InChI is InChI=1S/C11H17.C10H15.2ClH.Zr/c1-4-9-7-10(5-2)11(6-3)8-9;1-6-7(2)9(4)10(5)8(6)3;;;/h7-8H,4-6H2,1-3H3;1-5H3;2*1H;/q2*-1;;;+4/p-2. The Morgan fingerprint density at radius 2 is 1.38 bits per heavy atom. The van der Waals surface area contributed by atoms with E-state index in [0.717, 1.165) is 0 Å². The van der Waals surface area contributed by atoms with Crippen LogP contribution in [0.15, 0.2) is 12.1 Å². The third kappa shape index (κ3) is 6.82. The molecule has 0 saturated carbocycles. The Morgan fingerprint density at radius 1 is 0.917 bits per heavy atom. The molecule has 0 N–H and O–H groups in total. The molecule has 0 unspecified atom stereocenters. The van der Waals surface area contributed by atoms with Gasteiger partial charge in [0.25, 0.3) is 0 Å². The van der Waals surface area contributed by atoms with Gasteiger partial charge in [0.05, 0.1) is 0 Å². The van der Waals surface area contributed by atoms with E-state index in [0.29, 0.717) is 0 Å². The van der Waals surface area contributed by atoms with E-state index >= 15 is 0 Å². The first-order valence-corrected chi connectivity index (χ1v) is 15.0. The Balaban J connectivity index is 0.000000381. The fourth-order valence-electron chi connectivity index (χ4n) is 2.94. The molecule has 0 amide bonds. The van der Waals surface area contributed by atoms with Crippen LogP contribution in [-0.2, 0) is 40.1 Å². The van der Waals surface area contributed by atoms with Crippen molar-refractivity contribution in [1.82, 2.24) is 0 Å². The molecule has 0 radical (unpaired) electrons. The first kappa shape index (κ1) is 24.2. The second-order valence-electron chi connectivity index (χ2n) is 6.17. The van der Waals surface area contributed by atoms with Crippen molar-refractivity contribution < 1.29 is 20.8 Å². The van der Waals surface area contributed by atoms with Crippen molar-refractivity contribution in [3.05, 3.63) is 56.6 Å². The topological polar surface area (TPSA) is 0 Å². The average molecular weight is 447 g/mol. The van der Waals surface area contributed by atoms with Gasteiger partial charge in [-0.15, -0.1) is 0 Å². The van der Waals surface area contributed by atoms with E-state index in [1.54, 1.807) is 11.1 Å². The molecule has 134 valence electrons. The van der Waals surface area contributed by atoms with Crippen LogP contribution in [0.25, 0.3) is 0 Å². The molecule has 2 aromatic rings. The van der Waals surface area contributed by atoms with Gasteiger partial charge in [0.1, 0.15) is 0 Å². The van der Waals surface area contributed by atoms with Crippen LogP contribution in [0.3, 0.4) is 0 Å². The predicted octanol–water partition coefficient (Wildman–Crippen LogP) is 7.42. The Morgan fingerprint density at radius 3 is 1.58 bits per heavy atom. The maximum absolute atomic E-state index is 4.93. The number of rotatable bonds is 3. The summed E-state index contributed by atoms with van der Waals surface area (Å²) >= 11 is -0.826.